The van der Waals surface area contributed by atoms with Gasteiger partial charge in [-0.05, 0) is 37.4 Å². The molecule has 2 aromatic rings. The molecule has 0 bridgehead atoms. The lowest BCUT2D eigenvalue weighted by Crippen LogP contribution is -2.57. The Morgan fingerprint density at radius 2 is 1.67 bits per heavy atom. The molecule has 1 fully saturated rings. The van der Waals surface area contributed by atoms with E-state index in [2.05, 4.69) is 26.3 Å². The molecule has 14 heteroatoms. The number of amides is 4. The third-order valence-electron chi connectivity index (χ3n) is 6.41. The van der Waals surface area contributed by atoms with Crippen molar-refractivity contribution in [2.24, 2.45) is 5.73 Å². The summed E-state index contributed by atoms with van der Waals surface area (Å²) in [7, 11) is 0. The van der Waals surface area contributed by atoms with Crippen molar-refractivity contribution >= 4 is 46.5 Å². The van der Waals surface area contributed by atoms with Crippen LogP contribution in [0.5, 0.6) is 0 Å². The van der Waals surface area contributed by atoms with Gasteiger partial charge in [0.05, 0.1) is 12.5 Å². The van der Waals surface area contributed by atoms with Crippen molar-refractivity contribution in [3.63, 3.8) is 0 Å². The fraction of sp³-hybridized carbons (Fsp3) is 0.440. The van der Waals surface area contributed by atoms with Crippen LogP contribution in [0.15, 0.2) is 30.5 Å². The van der Waals surface area contributed by atoms with Crippen molar-refractivity contribution in [1.82, 2.24) is 26.3 Å². The Kier molecular flexibility index (Phi) is 9.98. The van der Waals surface area contributed by atoms with E-state index in [0.29, 0.717) is 18.5 Å². The zero-order chi connectivity index (χ0) is 28.5. The number of carbonyl (C=O) groups excluding carboxylic acids is 4. The van der Waals surface area contributed by atoms with Crippen LogP contribution in [0.4, 0.5) is 0 Å². The predicted molar refractivity (Wildman–Crippen MR) is 137 cm³/mol. The Morgan fingerprint density at radius 1 is 0.974 bits per heavy atom. The number of fused-ring (bicyclic) bond motifs is 1. The van der Waals surface area contributed by atoms with Gasteiger partial charge in [0.2, 0.25) is 23.6 Å². The van der Waals surface area contributed by atoms with Gasteiger partial charge in [0.15, 0.2) is 0 Å². The molecule has 4 unspecified atom stereocenters. The lowest BCUT2D eigenvalue weighted by Gasteiger charge is -2.24. The first kappa shape index (κ1) is 29.1. The summed E-state index contributed by atoms with van der Waals surface area (Å²) in [6.07, 6.45) is 1.54. The monoisotopic (exact) mass is 544 g/mol. The molecule has 0 aliphatic carbocycles. The quantitative estimate of drug-likeness (QED) is 0.142. The van der Waals surface area contributed by atoms with Crippen molar-refractivity contribution in [3.8, 4) is 0 Å². The normalized spacial score (nSPS) is 17.1. The van der Waals surface area contributed by atoms with Crippen LogP contribution >= 0.6 is 0 Å². The van der Waals surface area contributed by atoms with Crippen molar-refractivity contribution in [2.45, 2.75) is 62.7 Å². The fourth-order valence-corrected chi connectivity index (χ4v) is 4.39. The number of hydrogen-bond donors (Lipinski definition) is 8. The van der Waals surface area contributed by atoms with Gasteiger partial charge in [-0.25, -0.2) is 4.79 Å². The molecule has 0 radical (unpaired) electrons. The number of rotatable bonds is 14. The molecule has 1 aliphatic heterocycles. The zero-order valence-corrected chi connectivity index (χ0v) is 21.1. The van der Waals surface area contributed by atoms with E-state index in [1.165, 1.54) is 0 Å². The number of hydrogen-bond acceptors (Lipinski definition) is 7. The second kappa shape index (κ2) is 13.4. The molecule has 4 atom stereocenters. The molecule has 1 saturated heterocycles. The molecule has 210 valence electrons. The first-order valence-electron chi connectivity index (χ1n) is 12.5. The fourth-order valence-electron chi connectivity index (χ4n) is 4.39. The van der Waals surface area contributed by atoms with Crippen molar-refractivity contribution in [2.75, 3.05) is 6.54 Å². The summed E-state index contributed by atoms with van der Waals surface area (Å²) in [6, 6.07) is 2.29. The predicted octanol–water partition coefficient (Wildman–Crippen LogP) is -1.26. The number of para-hydroxylation sites is 1. The zero-order valence-electron chi connectivity index (χ0n) is 21.1. The van der Waals surface area contributed by atoms with Crippen LogP contribution in [-0.2, 0) is 35.2 Å². The molecular formula is C25H32N6O8. The molecule has 1 aromatic heterocycles. The van der Waals surface area contributed by atoms with Crippen molar-refractivity contribution < 1.29 is 39.0 Å². The Hall–Kier alpha value is -4.46. The van der Waals surface area contributed by atoms with E-state index in [0.717, 1.165) is 17.3 Å². The van der Waals surface area contributed by atoms with E-state index < -0.39 is 66.2 Å². The summed E-state index contributed by atoms with van der Waals surface area (Å²) >= 11 is 0. The van der Waals surface area contributed by atoms with Crippen LogP contribution in [0.3, 0.4) is 0 Å². The molecule has 39 heavy (non-hydrogen) atoms. The summed E-state index contributed by atoms with van der Waals surface area (Å²) < 4.78 is 0. The topological polar surface area (TPSA) is 233 Å². The maximum absolute atomic E-state index is 13.0. The lowest BCUT2D eigenvalue weighted by atomic mass is 10.0. The van der Waals surface area contributed by atoms with E-state index in [4.69, 9.17) is 5.73 Å². The van der Waals surface area contributed by atoms with Gasteiger partial charge >= 0.3 is 11.9 Å². The molecule has 2 heterocycles. The molecule has 4 amide bonds. The number of aromatic amines is 1. The van der Waals surface area contributed by atoms with Crippen LogP contribution in [0.2, 0.25) is 0 Å². The van der Waals surface area contributed by atoms with Gasteiger partial charge < -0.3 is 42.2 Å². The van der Waals surface area contributed by atoms with Gasteiger partial charge in [0.25, 0.3) is 0 Å². The lowest BCUT2D eigenvalue weighted by molar-refractivity contribution is -0.143. The first-order chi connectivity index (χ1) is 18.5. The number of carbonyl (C=O) groups is 6. The van der Waals surface area contributed by atoms with Crippen molar-refractivity contribution in [1.29, 1.82) is 0 Å². The second-order valence-electron chi connectivity index (χ2n) is 9.34. The summed E-state index contributed by atoms with van der Waals surface area (Å²) in [4.78, 5) is 76.3. The van der Waals surface area contributed by atoms with Crippen LogP contribution < -0.4 is 27.0 Å². The molecule has 14 nitrogen and oxygen atoms in total. The minimum Gasteiger partial charge on any atom is -0.481 e. The van der Waals surface area contributed by atoms with Crippen LogP contribution in [0.1, 0.15) is 37.7 Å². The van der Waals surface area contributed by atoms with Crippen molar-refractivity contribution in [3.05, 3.63) is 36.0 Å². The van der Waals surface area contributed by atoms with Crippen LogP contribution in [-0.4, -0.2) is 81.5 Å². The highest BCUT2D eigenvalue weighted by Crippen LogP contribution is 2.19. The highest BCUT2D eigenvalue weighted by atomic mass is 16.4. The minimum absolute atomic E-state index is 0.107. The number of H-pyrrole nitrogens is 1. The summed E-state index contributed by atoms with van der Waals surface area (Å²) in [5.74, 6) is -5.93. The number of nitrogens with two attached hydrogens (primary N) is 1. The number of aliphatic carboxylic acids is 2. The van der Waals surface area contributed by atoms with E-state index in [1.54, 1.807) is 18.3 Å². The van der Waals surface area contributed by atoms with E-state index in [1.807, 2.05) is 12.1 Å². The smallest absolute Gasteiger partial charge is 0.326 e. The summed E-state index contributed by atoms with van der Waals surface area (Å²) in [6.45, 7) is 0.625. The van der Waals surface area contributed by atoms with Crippen LogP contribution in [0.25, 0.3) is 10.9 Å². The standard InChI is InChI=1S/C25H32N6O8/c26-20(32)8-7-17(29-22(35)16-6-3-9-27-16)23(36)30-18(11-21(33)34)24(37)31-19(25(38)39)10-13-12-28-15-5-2-1-4-14(13)15/h1-2,4-5,12,16-19,27-28H,3,6-11H2,(H2,26,32)(H,29,35)(H,30,36)(H,31,37)(H,33,34)(H,38,39). The molecule has 1 aliphatic rings. The number of primary amides is 1. The third kappa shape index (κ3) is 8.26. The van der Waals surface area contributed by atoms with Gasteiger partial charge in [-0.15, -0.1) is 0 Å². The largest absolute Gasteiger partial charge is 0.481 e. The van der Waals surface area contributed by atoms with Gasteiger partial charge in [0.1, 0.15) is 18.1 Å². The third-order valence-corrected chi connectivity index (χ3v) is 6.41. The van der Waals surface area contributed by atoms with Gasteiger partial charge in [-0.3, -0.25) is 24.0 Å². The Morgan fingerprint density at radius 3 is 2.31 bits per heavy atom. The number of carboxylic acid groups (broad SMARTS) is 2. The first-order valence-corrected chi connectivity index (χ1v) is 12.5. The van der Waals surface area contributed by atoms with E-state index >= 15 is 0 Å². The molecule has 9 N–H and O–H groups in total. The SMILES string of the molecule is NC(=O)CCC(NC(=O)C1CCCN1)C(=O)NC(CC(=O)O)C(=O)NC(Cc1c[nH]c2ccccc12)C(=O)O. The van der Waals surface area contributed by atoms with E-state index in [-0.39, 0.29) is 19.3 Å². The molecular weight excluding hydrogens is 512 g/mol. The van der Waals surface area contributed by atoms with Gasteiger partial charge in [-0.1, -0.05) is 18.2 Å². The number of benzene rings is 1. The number of nitrogens with one attached hydrogen (secondary N) is 5. The Labute approximate surface area is 223 Å². The van der Waals surface area contributed by atoms with Gasteiger partial charge in [0, 0.05) is 29.9 Å². The average Bonchev–Trinajstić information content (AvgIpc) is 3.56. The Balaban J connectivity index is 1.72. The highest BCUT2D eigenvalue weighted by molar-refractivity contribution is 5.96. The number of aromatic nitrogens is 1. The van der Waals surface area contributed by atoms with Crippen LogP contribution in [0, 0.1) is 0 Å². The minimum atomic E-state index is -1.66. The summed E-state index contributed by atoms with van der Waals surface area (Å²) in [5, 5.41) is 29.9. The maximum atomic E-state index is 13.0. The maximum Gasteiger partial charge on any atom is 0.326 e. The number of carboxylic acids is 2. The molecule has 0 saturated carbocycles. The molecule has 1 aromatic carbocycles. The summed E-state index contributed by atoms with van der Waals surface area (Å²) in [5.41, 5.74) is 6.58. The highest BCUT2D eigenvalue weighted by Gasteiger charge is 2.33. The average molecular weight is 545 g/mol. The Bertz CT molecular complexity index is 1240. The molecule has 3 rings (SSSR count). The van der Waals surface area contributed by atoms with E-state index in [9.17, 15) is 39.0 Å². The molecule has 0 spiro atoms. The second-order valence-corrected chi connectivity index (χ2v) is 9.34. The van der Waals surface area contributed by atoms with Gasteiger partial charge in [-0.2, -0.15) is 0 Å².